The lowest BCUT2D eigenvalue weighted by molar-refractivity contribution is 0.0497. The second kappa shape index (κ2) is 24.7. The standard InChI is InChI=1S/C26H50N4O6S2/c1-22(2)10-9-13-29-24(31)28-12-7-8-16-35-23(3)37-38-26(4,5)11-17-36-25(32)30-15-19-34-21-20-33-18-14-27-6/h22-23,27H,7-8,11-21H2,1-6H3,(H,30,32)(H2,28,29,31). The first kappa shape index (κ1) is 36.6. The number of rotatable bonds is 22. The first-order valence-electron chi connectivity index (χ1n) is 13.3. The lowest BCUT2D eigenvalue weighted by Gasteiger charge is -2.24. The first-order chi connectivity index (χ1) is 18.2. The van der Waals surface area contributed by atoms with Crippen LogP contribution in [-0.2, 0) is 18.9 Å². The van der Waals surface area contributed by atoms with Crippen molar-refractivity contribution < 1.29 is 28.5 Å². The molecule has 38 heavy (non-hydrogen) atoms. The third-order valence-electron chi connectivity index (χ3n) is 4.67. The van der Waals surface area contributed by atoms with Gasteiger partial charge in [-0.25, -0.2) is 9.59 Å². The number of unbranched alkanes of at least 4 members (excludes halogenated alkanes) is 1. The summed E-state index contributed by atoms with van der Waals surface area (Å²) in [6, 6.07) is -0.195. The van der Waals surface area contributed by atoms with Gasteiger partial charge in [0.25, 0.3) is 0 Å². The van der Waals surface area contributed by atoms with Crippen LogP contribution in [0.5, 0.6) is 0 Å². The second-order valence-electron chi connectivity index (χ2n) is 9.31. The summed E-state index contributed by atoms with van der Waals surface area (Å²) in [5, 5.41) is 11.2. The Labute approximate surface area is 237 Å². The van der Waals surface area contributed by atoms with Gasteiger partial charge in [0.05, 0.1) is 39.6 Å². The number of carbonyl (C=O) groups is 2. The van der Waals surface area contributed by atoms with Crippen LogP contribution in [0, 0.1) is 17.8 Å². The summed E-state index contributed by atoms with van der Waals surface area (Å²) in [5.74, 6) is 6.22. The van der Waals surface area contributed by atoms with Crippen LogP contribution in [0.25, 0.3) is 0 Å². The van der Waals surface area contributed by atoms with E-state index in [1.165, 1.54) is 0 Å². The Morgan fingerprint density at radius 3 is 2.26 bits per heavy atom. The molecule has 0 aromatic rings. The molecule has 4 N–H and O–H groups in total. The van der Waals surface area contributed by atoms with Crippen LogP contribution < -0.4 is 21.3 Å². The molecule has 3 amide bonds. The predicted molar refractivity (Wildman–Crippen MR) is 157 cm³/mol. The minimum Gasteiger partial charge on any atom is -0.450 e. The highest BCUT2D eigenvalue weighted by Gasteiger charge is 2.21. The Kier molecular flexibility index (Phi) is 23.8. The fourth-order valence-electron chi connectivity index (χ4n) is 2.55. The van der Waals surface area contributed by atoms with Crippen molar-refractivity contribution in [2.75, 3.05) is 72.9 Å². The lowest BCUT2D eigenvalue weighted by Crippen LogP contribution is -2.36. The molecule has 0 saturated carbocycles. The maximum absolute atomic E-state index is 11.8. The summed E-state index contributed by atoms with van der Waals surface area (Å²) in [7, 11) is 5.27. The SMILES string of the molecule is CNCCOCCOCCNC(=O)OCCC(C)(C)SSC(C)OCCCCNC(=O)NCC#CC(C)C. The Bertz CT molecular complexity index is 674. The van der Waals surface area contributed by atoms with Gasteiger partial charge in [-0.05, 0) is 47.1 Å². The molecule has 0 aromatic carbocycles. The molecule has 0 aliphatic carbocycles. The smallest absolute Gasteiger partial charge is 0.407 e. The molecule has 0 fully saturated rings. The topological polar surface area (TPSA) is 119 Å². The van der Waals surface area contributed by atoms with Gasteiger partial charge in [0, 0.05) is 36.9 Å². The minimum absolute atomic E-state index is 0.0352. The van der Waals surface area contributed by atoms with Crippen LogP contribution in [0.15, 0.2) is 0 Å². The third kappa shape index (κ3) is 26.3. The van der Waals surface area contributed by atoms with Gasteiger partial charge in [-0.3, -0.25) is 0 Å². The van der Waals surface area contributed by atoms with Crippen LogP contribution in [0.4, 0.5) is 9.59 Å². The van der Waals surface area contributed by atoms with Gasteiger partial charge < -0.3 is 40.2 Å². The maximum atomic E-state index is 11.8. The van der Waals surface area contributed by atoms with Crippen LogP contribution in [0.3, 0.4) is 0 Å². The lowest BCUT2D eigenvalue weighted by atomic mass is 10.1. The Hall–Kier alpha value is -1.36. The average Bonchev–Trinajstić information content (AvgIpc) is 2.86. The molecule has 1 unspecified atom stereocenters. The highest BCUT2D eigenvalue weighted by Crippen LogP contribution is 2.40. The molecule has 0 radical (unpaired) electrons. The Morgan fingerprint density at radius 1 is 0.868 bits per heavy atom. The van der Waals surface area contributed by atoms with Crippen molar-refractivity contribution in [3.8, 4) is 11.8 Å². The van der Waals surface area contributed by atoms with Crippen molar-refractivity contribution in [2.24, 2.45) is 5.92 Å². The number of urea groups is 1. The van der Waals surface area contributed by atoms with Crippen molar-refractivity contribution >= 4 is 33.7 Å². The first-order valence-corrected chi connectivity index (χ1v) is 15.5. The van der Waals surface area contributed by atoms with E-state index >= 15 is 0 Å². The van der Waals surface area contributed by atoms with Gasteiger partial charge in [-0.15, -0.1) is 0 Å². The summed E-state index contributed by atoms with van der Waals surface area (Å²) in [5.41, 5.74) is 0.0352. The molecule has 0 bridgehead atoms. The fourth-order valence-corrected chi connectivity index (χ4v) is 4.87. The number of alkyl carbamates (subject to hydrolysis) is 1. The zero-order chi connectivity index (χ0) is 28.5. The van der Waals surface area contributed by atoms with Gasteiger partial charge in [0.1, 0.15) is 5.44 Å². The number of likely N-dealkylation sites (N-methyl/N-ethyl adjacent to an activating group) is 1. The highest BCUT2D eigenvalue weighted by atomic mass is 33.1. The molecule has 0 spiro atoms. The number of amides is 3. The van der Waals surface area contributed by atoms with Gasteiger partial charge >= 0.3 is 12.1 Å². The molecule has 0 aromatic heterocycles. The van der Waals surface area contributed by atoms with Gasteiger partial charge in [0.2, 0.25) is 0 Å². The van der Waals surface area contributed by atoms with E-state index in [-0.39, 0.29) is 16.2 Å². The van der Waals surface area contributed by atoms with E-state index in [2.05, 4.69) is 47.0 Å². The monoisotopic (exact) mass is 578 g/mol. The van der Waals surface area contributed by atoms with Crippen LogP contribution in [0.2, 0.25) is 0 Å². The van der Waals surface area contributed by atoms with Crippen molar-refractivity contribution in [1.82, 2.24) is 21.3 Å². The quantitative estimate of drug-likeness (QED) is 0.0661. The van der Waals surface area contributed by atoms with E-state index in [9.17, 15) is 9.59 Å². The average molecular weight is 579 g/mol. The molecule has 12 heteroatoms. The highest BCUT2D eigenvalue weighted by molar-refractivity contribution is 8.77. The summed E-state index contributed by atoms with van der Waals surface area (Å²) in [4.78, 5) is 23.5. The molecular formula is C26H50N4O6S2. The summed E-state index contributed by atoms with van der Waals surface area (Å²) >= 11 is 0. The largest absolute Gasteiger partial charge is 0.450 e. The normalized spacial score (nSPS) is 12.0. The number of ether oxygens (including phenoxy) is 4. The van der Waals surface area contributed by atoms with E-state index in [0.29, 0.717) is 65.2 Å². The molecule has 222 valence electrons. The van der Waals surface area contributed by atoms with E-state index < -0.39 is 6.09 Å². The minimum atomic E-state index is -0.434. The molecule has 10 nitrogen and oxygen atoms in total. The number of carbonyl (C=O) groups excluding carboxylic acids is 2. The summed E-state index contributed by atoms with van der Waals surface area (Å²) in [6.07, 6.45) is 2.00. The summed E-state index contributed by atoms with van der Waals surface area (Å²) in [6.45, 7) is 15.5. The van der Waals surface area contributed by atoms with E-state index in [1.807, 2.05) is 27.8 Å². The van der Waals surface area contributed by atoms with Gasteiger partial charge in [-0.2, -0.15) is 0 Å². The number of nitrogens with one attached hydrogen (secondary N) is 4. The predicted octanol–water partition coefficient (Wildman–Crippen LogP) is 3.62. The summed E-state index contributed by atoms with van der Waals surface area (Å²) < 4.78 is 21.8. The van der Waals surface area contributed by atoms with Gasteiger partial charge in [0.15, 0.2) is 0 Å². The fraction of sp³-hybridized carbons (Fsp3) is 0.846. The Morgan fingerprint density at radius 2 is 1.58 bits per heavy atom. The number of hydrogen-bond acceptors (Lipinski definition) is 9. The zero-order valence-electron chi connectivity index (χ0n) is 24.1. The van der Waals surface area contributed by atoms with Crippen LogP contribution in [-0.4, -0.2) is 95.2 Å². The molecule has 0 rings (SSSR count). The molecule has 0 saturated heterocycles. The van der Waals surface area contributed by atoms with E-state index in [4.69, 9.17) is 18.9 Å². The third-order valence-corrected chi connectivity index (χ3v) is 8.28. The number of hydrogen-bond donors (Lipinski definition) is 4. The van der Waals surface area contributed by atoms with E-state index in [0.717, 1.165) is 25.8 Å². The zero-order valence-corrected chi connectivity index (χ0v) is 25.7. The molecule has 0 heterocycles. The van der Waals surface area contributed by atoms with Crippen molar-refractivity contribution in [3.63, 3.8) is 0 Å². The van der Waals surface area contributed by atoms with Crippen molar-refractivity contribution in [2.45, 2.75) is 64.1 Å². The molecular weight excluding hydrogens is 528 g/mol. The second-order valence-corrected chi connectivity index (χ2v) is 12.5. The van der Waals surface area contributed by atoms with Crippen LogP contribution >= 0.6 is 21.6 Å². The molecule has 0 aliphatic heterocycles. The molecule has 1 atom stereocenters. The van der Waals surface area contributed by atoms with Gasteiger partial charge in [-0.1, -0.05) is 47.3 Å². The molecule has 0 aliphatic rings. The van der Waals surface area contributed by atoms with E-state index in [1.54, 1.807) is 21.6 Å². The Balaban J connectivity index is 3.68. The van der Waals surface area contributed by atoms with Crippen LogP contribution in [0.1, 0.15) is 53.9 Å². The maximum Gasteiger partial charge on any atom is 0.407 e. The van der Waals surface area contributed by atoms with Crippen molar-refractivity contribution in [1.29, 1.82) is 0 Å². The van der Waals surface area contributed by atoms with Crippen molar-refractivity contribution in [3.05, 3.63) is 0 Å².